The molecule has 8 heterocycles. The molecule has 24 nitrogen and oxygen atoms in total. The molecule has 132 heavy (non-hydrogen) atoms. The molecular formula is C88H88Cl16O24Zn4. The topological polar surface area (TPSA) is 395 Å². The average molecular weight is 2360 g/mol. The Morgan fingerprint density at radius 3 is 0.242 bits per heavy atom. The second-order valence-corrected chi connectivity index (χ2v) is 32.1. The predicted octanol–water partition coefficient (Wildman–Crippen LogP) is 17.2. The van der Waals surface area contributed by atoms with Crippen LogP contribution in [0.25, 0.3) is 0 Å². The molecule has 0 aromatic heterocycles. The minimum absolute atomic E-state index is 0. The van der Waals surface area contributed by atoms with E-state index in [1.807, 2.05) is 0 Å². The van der Waals surface area contributed by atoms with E-state index in [2.05, 4.69) is 0 Å². The minimum atomic E-state index is -1.36. The van der Waals surface area contributed by atoms with Crippen LogP contribution in [0, 0.1) is 0 Å². The molecule has 8 aromatic carbocycles. The Morgan fingerprint density at radius 1 is 0.152 bits per heavy atom. The molecular weight excluding hydrogens is 2270 g/mol. The summed E-state index contributed by atoms with van der Waals surface area (Å²) in [6.07, 6.45) is 20.4. The summed E-state index contributed by atoms with van der Waals surface area (Å²) >= 11 is 88.3. The normalized spacial score (nSPS) is 13.7. The Bertz CT molecular complexity index is 3560. The van der Waals surface area contributed by atoms with Crippen molar-refractivity contribution in [1.29, 1.82) is 0 Å². The molecule has 8 aliphatic rings. The third-order valence-electron chi connectivity index (χ3n) is 16.0. The molecule has 8 saturated heterocycles. The molecule has 704 valence electrons. The second-order valence-electron chi connectivity index (χ2n) is 25.6. The van der Waals surface area contributed by atoms with Crippen LogP contribution in [0.2, 0.25) is 80.4 Å². The smallest absolute Gasteiger partial charge is 0.545 e. The molecule has 0 N–H and O–H groups in total. The van der Waals surface area contributed by atoms with Crippen LogP contribution in [0.4, 0.5) is 0 Å². The Labute approximate surface area is 897 Å². The van der Waals surface area contributed by atoms with E-state index in [0.717, 1.165) is 106 Å². The van der Waals surface area contributed by atoms with Crippen LogP contribution >= 0.6 is 186 Å². The van der Waals surface area contributed by atoms with E-state index in [4.69, 9.17) is 224 Å². The fourth-order valence-corrected chi connectivity index (χ4v) is 14.0. The van der Waals surface area contributed by atoms with Crippen molar-refractivity contribution in [1.82, 2.24) is 0 Å². The van der Waals surface area contributed by atoms with Gasteiger partial charge in [0.1, 0.15) is 0 Å². The Hall–Kier alpha value is -3.67. The summed E-state index contributed by atoms with van der Waals surface area (Å²) in [5.41, 5.74) is -1.25. The average Bonchev–Trinajstić information content (AvgIpc) is 1.58. The number of benzene rings is 8. The molecule has 16 rings (SSSR count). The van der Waals surface area contributed by atoms with Crippen molar-refractivity contribution in [3.63, 3.8) is 0 Å². The number of carboxylic acid groups (broad SMARTS) is 8. The monoisotopic (exact) mass is 2340 g/mol. The molecule has 0 radical (unpaired) electrons. The van der Waals surface area contributed by atoms with Crippen LogP contribution in [0.15, 0.2) is 146 Å². The van der Waals surface area contributed by atoms with Crippen LogP contribution in [0.5, 0.6) is 0 Å². The molecule has 44 heteroatoms. The first-order valence-electron chi connectivity index (χ1n) is 38.9. The predicted molar refractivity (Wildman–Crippen MR) is 487 cm³/mol. The Balaban J connectivity index is -0.000000667. The summed E-state index contributed by atoms with van der Waals surface area (Å²) in [4.78, 5) is 82.9. The standard InChI is InChI=1S/8C7H4Cl2O2.8C4H8O.4Zn/c8*8-4-2-1-3-5(9)6(4)7(10)11;8*1-2-4-5-3-1;;;;/h8*1-3H,(H,10,11);8*1-4H2;;;;/q;;;;;;;;;;;;;;;;4*+2/p-8. The van der Waals surface area contributed by atoms with Gasteiger partial charge in [-0.25, -0.2) is 0 Å². The number of carbonyl (C=O) groups excluding carboxylic acids is 8. The van der Waals surface area contributed by atoms with Gasteiger partial charge in [0.2, 0.25) is 0 Å². The zero-order valence-corrected chi connectivity index (χ0v) is 95.1. The van der Waals surface area contributed by atoms with Crippen molar-refractivity contribution < 1.29 is 195 Å². The van der Waals surface area contributed by atoms with Gasteiger partial charge < -0.3 is 117 Å². The summed E-state index contributed by atoms with van der Waals surface area (Å²) in [5.74, 6) is -10.9. The molecule has 0 saturated carbocycles. The van der Waals surface area contributed by atoms with Gasteiger partial charge in [0.15, 0.2) is 0 Å². The summed E-state index contributed by atoms with van der Waals surface area (Å²) < 4.78 is 39.6. The second kappa shape index (κ2) is 83.2. The summed E-state index contributed by atoms with van der Waals surface area (Å²) in [5, 5.41) is 84.4. The van der Waals surface area contributed by atoms with E-state index in [-0.39, 0.29) is 203 Å². The quantitative estimate of drug-likeness (QED) is 0.127. The van der Waals surface area contributed by atoms with Crippen LogP contribution in [-0.4, -0.2) is 153 Å². The first kappa shape index (κ1) is 135. The summed E-state index contributed by atoms with van der Waals surface area (Å²) in [7, 11) is 0. The van der Waals surface area contributed by atoms with Gasteiger partial charge in [-0.3, -0.25) is 0 Å². The number of rotatable bonds is 8. The number of ether oxygens (including phenoxy) is 8. The van der Waals surface area contributed by atoms with Crippen LogP contribution in [0.1, 0.15) is 186 Å². The third-order valence-corrected chi connectivity index (χ3v) is 21.0. The zero-order valence-electron chi connectivity index (χ0n) is 71.2. The largest absolute Gasteiger partial charge is 2.00 e. The van der Waals surface area contributed by atoms with E-state index < -0.39 is 47.8 Å². The van der Waals surface area contributed by atoms with Gasteiger partial charge in [0.05, 0.1) is 128 Å². The van der Waals surface area contributed by atoms with Crippen molar-refractivity contribution in [2.45, 2.75) is 103 Å². The SMILES string of the molecule is C1CCOC1.C1CCOC1.C1CCOC1.C1CCOC1.C1CCOC1.C1CCOC1.C1CCOC1.C1CCOC1.O=C([O-])c1c(Cl)cccc1Cl.O=C([O-])c1c(Cl)cccc1Cl.O=C([O-])c1c(Cl)cccc1Cl.O=C([O-])c1c(Cl)cccc1Cl.O=C([O-])c1c(Cl)cccc1Cl.O=C([O-])c1c(Cl)cccc1Cl.O=C([O-])c1c(Cl)cccc1Cl.O=C([O-])c1c(Cl)cccc1Cl.[Zn+2].[Zn+2].[Zn+2].[Zn+2]. The number of hydrogen-bond acceptors (Lipinski definition) is 24. The fourth-order valence-electron chi connectivity index (χ4n) is 9.63. The van der Waals surface area contributed by atoms with Crippen LogP contribution in [-0.2, 0) is 116 Å². The van der Waals surface area contributed by atoms with Gasteiger partial charge in [-0.2, -0.15) is 0 Å². The van der Waals surface area contributed by atoms with Crippen molar-refractivity contribution in [2.75, 3.05) is 106 Å². The molecule has 8 aromatic rings. The van der Waals surface area contributed by atoms with Crippen molar-refractivity contribution in [3.05, 3.63) is 270 Å². The third kappa shape index (κ3) is 61.0. The van der Waals surface area contributed by atoms with Crippen molar-refractivity contribution in [3.8, 4) is 0 Å². The number of carbonyl (C=O) groups is 8. The number of carboxylic acids is 8. The van der Waals surface area contributed by atoms with E-state index >= 15 is 0 Å². The maximum Gasteiger partial charge on any atom is 2.00 e. The molecule has 8 aliphatic heterocycles. The summed E-state index contributed by atoms with van der Waals surface area (Å²) in [6.45, 7) is 16.0. The number of aromatic carboxylic acids is 8. The molecule has 0 aliphatic carbocycles. The van der Waals surface area contributed by atoms with E-state index in [0.29, 0.717) is 0 Å². The Kier molecular flexibility index (Phi) is 84.8. The van der Waals surface area contributed by atoms with Gasteiger partial charge in [-0.1, -0.05) is 234 Å². The van der Waals surface area contributed by atoms with E-state index in [1.54, 1.807) is 48.5 Å². The number of hydrogen-bond donors (Lipinski definition) is 0. The van der Waals surface area contributed by atoms with Crippen molar-refractivity contribution in [2.24, 2.45) is 0 Å². The minimum Gasteiger partial charge on any atom is -0.545 e. The molecule has 0 amide bonds. The van der Waals surface area contributed by atoms with E-state index in [9.17, 15) is 79.2 Å². The van der Waals surface area contributed by atoms with Gasteiger partial charge in [0, 0.05) is 150 Å². The van der Waals surface area contributed by atoms with Crippen LogP contribution < -0.4 is 40.9 Å². The molecule has 0 spiro atoms. The van der Waals surface area contributed by atoms with Gasteiger partial charge >= 0.3 is 77.9 Å². The molecule has 0 atom stereocenters. The molecule has 0 bridgehead atoms. The van der Waals surface area contributed by atoms with Gasteiger partial charge in [0.25, 0.3) is 0 Å². The maximum atomic E-state index is 10.4. The summed E-state index contributed by atoms with van der Waals surface area (Å²) in [6, 6.07) is 35.6. The van der Waals surface area contributed by atoms with Crippen molar-refractivity contribution >= 4 is 233 Å². The fraction of sp³-hybridized carbons (Fsp3) is 0.364. The van der Waals surface area contributed by atoms with E-state index in [1.165, 1.54) is 200 Å². The van der Waals surface area contributed by atoms with Gasteiger partial charge in [-0.05, 0) is 200 Å². The Morgan fingerprint density at radius 2 is 0.212 bits per heavy atom. The zero-order chi connectivity index (χ0) is 95.7. The first-order valence-corrected chi connectivity index (χ1v) is 44.9. The maximum absolute atomic E-state index is 10.4. The molecule has 8 fully saturated rings. The number of halogens is 16. The van der Waals surface area contributed by atoms with Crippen LogP contribution in [0.3, 0.4) is 0 Å². The molecule has 0 unspecified atom stereocenters. The van der Waals surface area contributed by atoms with Gasteiger partial charge in [-0.15, -0.1) is 0 Å². The first-order chi connectivity index (χ1) is 61.0.